The second-order valence-electron chi connectivity index (χ2n) is 6.05. The van der Waals surface area contributed by atoms with Crippen molar-refractivity contribution in [3.8, 4) is 0 Å². The first-order chi connectivity index (χ1) is 7.56. The van der Waals surface area contributed by atoms with Gasteiger partial charge in [0.05, 0.1) is 4.75 Å². The molecule has 0 aromatic heterocycles. The van der Waals surface area contributed by atoms with Gasteiger partial charge in [-0.15, -0.1) is 0 Å². The van der Waals surface area contributed by atoms with E-state index in [4.69, 9.17) is 5.73 Å². The van der Waals surface area contributed by atoms with Gasteiger partial charge in [0.25, 0.3) is 0 Å². The summed E-state index contributed by atoms with van der Waals surface area (Å²) in [5.74, 6) is 0.416. The Morgan fingerprint density at radius 2 is 1.88 bits per heavy atom. The average molecular weight is 262 g/mol. The van der Waals surface area contributed by atoms with E-state index in [1.807, 2.05) is 0 Å². The molecule has 17 heavy (non-hydrogen) atoms. The summed E-state index contributed by atoms with van der Waals surface area (Å²) < 4.78 is 22.8. The van der Waals surface area contributed by atoms with Gasteiger partial charge in [-0.2, -0.15) is 0 Å². The topological polar surface area (TPSA) is 63.4 Å². The molecule has 102 valence electrons. The molecule has 2 N–H and O–H groups in total. The Labute approximate surface area is 105 Å². The predicted molar refractivity (Wildman–Crippen MR) is 71.7 cm³/mol. The van der Waals surface area contributed by atoms with E-state index in [0.717, 1.165) is 13.0 Å². The van der Waals surface area contributed by atoms with Gasteiger partial charge in [-0.3, -0.25) is 4.90 Å². The molecule has 0 spiro atoms. The first-order valence-electron chi connectivity index (χ1n) is 6.25. The first-order valence-corrected chi connectivity index (χ1v) is 8.14. The highest BCUT2D eigenvalue weighted by Gasteiger charge is 2.37. The van der Waals surface area contributed by atoms with Crippen molar-refractivity contribution in [2.45, 2.75) is 50.9 Å². The van der Waals surface area contributed by atoms with Gasteiger partial charge in [-0.1, -0.05) is 6.92 Å². The molecule has 0 saturated carbocycles. The number of hydrogen-bond donors (Lipinski definition) is 1. The third-order valence-corrected chi connectivity index (χ3v) is 6.49. The van der Waals surface area contributed by atoms with Gasteiger partial charge in [0.15, 0.2) is 9.84 Å². The fourth-order valence-corrected chi connectivity index (χ4v) is 2.70. The van der Waals surface area contributed by atoms with Gasteiger partial charge in [0.1, 0.15) is 0 Å². The Balaban J connectivity index is 2.77. The van der Waals surface area contributed by atoms with Crippen molar-refractivity contribution in [3.63, 3.8) is 0 Å². The molecule has 0 bridgehead atoms. The van der Waals surface area contributed by atoms with Crippen molar-refractivity contribution in [2.24, 2.45) is 11.7 Å². The molecular formula is C12H26N2O2S. The van der Waals surface area contributed by atoms with Crippen LogP contribution >= 0.6 is 0 Å². The van der Waals surface area contributed by atoms with Crippen LogP contribution in [0.4, 0.5) is 0 Å². The summed E-state index contributed by atoms with van der Waals surface area (Å²) in [6, 6.07) is 0.586. The molecule has 3 unspecified atom stereocenters. The van der Waals surface area contributed by atoms with Crippen molar-refractivity contribution >= 4 is 9.84 Å². The molecule has 0 aromatic carbocycles. The van der Waals surface area contributed by atoms with E-state index < -0.39 is 14.6 Å². The summed E-state index contributed by atoms with van der Waals surface area (Å²) in [5.41, 5.74) is 6.04. The SMILES string of the molecule is CC1C(N)CCN(CC(C)(C)S(C)(=O)=O)C1C. The van der Waals surface area contributed by atoms with Gasteiger partial charge in [-0.25, -0.2) is 8.42 Å². The summed E-state index contributed by atoms with van der Waals surface area (Å²) in [4.78, 5) is 2.26. The minimum atomic E-state index is -3.03. The van der Waals surface area contributed by atoms with E-state index in [1.54, 1.807) is 13.8 Å². The van der Waals surface area contributed by atoms with Crippen LogP contribution in [-0.4, -0.2) is 49.5 Å². The Bertz CT molecular complexity index is 365. The largest absolute Gasteiger partial charge is 0.327 e. The van der Waals surface area contributed by atoms with E-state index in [1.165, 1.54) is 6.26 Å². The fourth-order valence-electron chi connectivity index (χ4n) is 2.30. The first kappa shape index (κ1) is 14.9. The lowest BCUT2D eigenvalue weighted by molar-refractivity contribution is 0.0901. The van der Waals surface area contributed by atoms with E-state index in [-0.39, 0.29) is 6.04 Å². The molecule has 0 aromatic rings. The van der Waals surface area contributed by atoms with Crippen LogP contribution in [0, 0.1) is 5.92 Å². The normalized spacial score (nSPS) is 32.7. The maximum Gasteiger partial charge on any atom is 0.153 e. The minimum Gasteiger partial charge on any atom is -0.327 e. The van der Waals surface area contributed by atoms with Crippen LogP contribution in [0.15, 0.2) is 0 Å². The highest BCUT2D eigenvalue weighted by Crippen LogP contribution is 2.26. The van der Waals surface area contributed by atoms with Crippen molar-refractivity contribution in [1.82, 2.24) is 4.90 Å². The minimum absolute atomic E-state index is 0.239. The molecule has 0 amide bonds. The van der Waals surface area contributed by atoms with Crippen LogP contribution in [0.2, 0.25) is 0 Å². The number of rotatable bonds is 3. The molecule has 0 aliphatic carbocycles. The highest BCUT2D eigenvalue weighted by atomic mass is 32.2. The third kappa shape index (κ3) is 3.20. The Kier molecular flexibility index (Phi) is 4.27. The van der Waals surface area contributed by atoms with Gasteiger partial charge in [0, 0.05) is 24.9 Å². The predicted octanol–water partition coefficient (Wildman–Crippen LogP) is 0.867. The van der Waals surface area contributed by atoms with Crippen molar-refractivity contribution in [3.05, 3.63) is 0 Å². The molecule has 1 aliphatic rings. The third-order valence-electron chi connectivity index (χ3n) is 4.35. The van der Waals surface area contributed by atoms with Crippen LogP contribution in [0.1, 0.15) is 34.1 Å². The summed E-state index contributed by atoms with van der Waals surface area (Å²) in [6.45, 7) is 9.37. The molecular weight excluding hydrogens is 236 g/mol. The Hall–Kier alpha value is -0.130. The van der Waals surface area contributed by atoms with Crippen LogP contribution in [0.25, 0.3) is 0 Å². The molecule has 5 heteroatoms. The van der Waals surface area contributed by atoms with Gasteiger partial charge in [0.2, 0.25) is 0 Å². The van der Waals surface area contributed by atoms with E-state index in [9.17, 15) is 8.42 Å². The molecule has 3 atom stereocenters. The molecule has 0 radical (unpaired) electrons. The standard InChI is InChI=1S/C12H26N2O2S/c1-9-10(2)14(7-6-11(9)13)8-12(3,4)17(5,15)16/h9-11H,6-8,13H2,1-5H3. The quantitative estimate of drug-likeness (QED) is 0.819. The lowest BCUT2D eigenvalue weighted by Crippen LogP contribution is -2.56. The maximum atomic E-state index is 11.7. The van der Waals surface area contributed by atoms with Crippen molar-refractivity contribution in [2.75, 3.05) is 19.3 Å². The monoisotopic (exact) mass is 262 g/mol. The van der Waals surface area contributed by atoms with Crippen LogP contribution < -0.4 is 5.73 Å². The number of likely N-dealkylation sites (tertiary alicyclic amines) is 1. The molecule has 1 fully saturated rings. The van der Waals surface area contributed by atoms with E-state index in [0.29, 0.717) is 18.5 Å². The van der Waals surface area contributed by atoms with Crippen LogP contribution in [0.3, 0.4) is 0 Å². The number of piperidine rings is 1. The highest BCUT2D eigenvalue weighted by molar-refractivity contribution is 7.92. The molecule has 1 saturated heterocycles. The lowest BCUT2D eigenvalue weighted by Gasteiger charge is -2.44. The van der Waals surface area contributed by atoms with Crippen molar-refractivity contribution < 1.29 is 8.42 Å². The summed E-state index contributed by atoms with van der Waals surface area (Å²) in [6.07, 6.45) is 2.27. The van der Waals surface area contributed by atoms with E-state index >= 15 is 0 Å². The molecule has 1 heterocycles. The molecule has 1 aliphatic heterocycles. The number of nitrogens with two attached hydrogens (primary N) is 1. The summed E-state index contributed by atoms with van der Waals surface area (Å²) in [5, 5.41) is 0. The Morgan fingerprint density at radius 3 is 2.35 bits per heavy atom. The van der Waals surface area contributed by atoms with Crippen LogP contribution in [-0.2, 0) is 9.84 Å². The zero-order chi connectivity index (χ0) is 13.4. The van der Waals surface area contributed by atoms with Crippen LogP contribution in [0.5, 0.6) is 0 Å². The average Bonchev–Trinajstić information content (AvgIpc) is 2.17. The second-order valence-corrected chi connectivity index (χ2v) is 8.70. The van der Waals surface area contributed by atoms with Gasteiger partial charge >= 0.3 is 0 Å². The number of sulfone groups is 1. The summed E-state index contributed by atoms with van der Waals surface area (Å²) >= 11 is 0. The number of hydrogen-bond acceptors (Lipinski definition) is 4. The molecule has 4 nitrogen and oxygen atoms in total. The fraction of sp³-hybridized carbons (Fsp3) is 1.00. The van der Waals surface area contributed by atoms with Gasteiger partial charge < -0.3 is 5.73 Å². The van der Waals surface area contributed by atoms with Gasteiger partial charge in [-0.05, 0) is 39.7 Å². The summed E-state index contributed by atoms with van der Waals surface area (Å²) in [7, 11) is -3.03. The lowest BCUT2D eigenvalue weighted by atomic mass is 9.87. The molecule has 1 rings (SSSR count). The maximum absolute atomic E-state index is 11.7. The zero-order valence-corrected chi connectivity index (χ0v) is 12.4. The smallest absolute Gasteiger partial charge is 0.153 e. The number of nitrogens with zero attached hydrogens (tertiary/aromatic N) is 1. The van der Waals surface area contributed by atoms with E-state index in [2.05, 4.69) is 18.7 Å². The zero-order valence-electron chi connectivity index (χ0n) is 11.6. The second kappa shape index (κ2) is 4.86. The van der Waals surface area contributed by atoms with Crippen molar-refractivity contribution in [1.29, 1.82) is 0 Å². The Morgan fingerprint density at radius 1 is 1.35 bits per heavy atom.